The third-order valence-electron chi connectivity index (χ3n) is 11.0. The summed E-state index contributed by atoms with van der Waals surface area (Å²) in [5.41, 5.74) is 0.277. The lowest BCUT2D eigenvalue weighted by Gasteiger charge is -2.59. The number of aliphatic hydroxyl groups excluding tert-OH is 2. The van der Waals surface area contributed by atoms with Gasteiger partial charge in [-0.1, -0.05) is 32.9 Å². The van der Waals surface area contributed by atoms with Crippen LogP contribution in [0.5, 0.6) is 0 Å². The predicted octanol–water partition coefficient (Wildman–Crippen LogP) is 4.27. The fourth-order valence-electron chi connectivity index (χ4n) is 8.71. The molecular formula is C29H44O6. The molecule has 4 rings (SSSR count). The summed E-state index contributed by atoms with van der Waals surface area (Å²) in [5.74, 6) is -0.914. The Kier molecular flexibility index (Phi) is 6.69. The van der Waals surface area contributed by atoms with Crippen molar-refractivity contribution in [2.45, 2.75) is 104 Å². The molecule has 2 saturated carbocycles. The van der Waals surface area contributed by atoms with E-state index in [0.717, 1.165) is 36.0 Å². The molecular weight excluding hydrogens is 444 g/mol. The van der Waals surface area contributed by atoms with Gasteiger partial charge in [0, 0.05) is 23.3 Å². The number of fused-ring (bicyclic) bond motifs is 4. The van der Waals surface area contributed by atoms with E-state index in [9.17, 15) is 30.0 Å². The molecule has 0 heterocycles. The van der Waals surface area contributed by atoms with Crippen molar-refractivity contribution in [3.05, 3.63) is 23.3 Å². The lowest BCUT2D eigenvalue weighted by Crippen LogP contribution is -2.61. The van der Waals surface area contributed by atoms with Gasteiger partial charge in [-0.05, 0) is 87.5 Å². The molecule has 35 heavy (non-hydrogen) atoms. The van der Waals surface area contributed by atoms with Gasteiger partial charge in [-0.3, -0.25) is 9.59 Å². The van der Waals surface area contributed by atoms with Gasteiger partial charge in [-0.15, -0.1) is 0 Å². The smallest absolute Gasteiger partial charge is 0.310 e. The molecule has 0 aromatic heterocycles. The van der Waals surface area contributed by atoms with Crippen molar-refractivity contribution in [1.82, 2.24) is 0 Å². The second-order valence-corrected chi connectivity index (χ2v) is 12.9. The van der Waals surface area contributed by atoms with E-state index in [1.165, 1.54) is 0 Å². The largest absolute Gasteiger partial charge is 0.481 e. The number of hydrogen-bond donors (Lipinski definition) is 4. The molecule has 0 amide bonds. The van der Waals surface area contributed by atoms with Crippen molar-refractivity contribution in [3.8, 4) is 0 Å². The molecule has 0 radical (unpaired) electrons. The molecule has 4 aliphatic rings. The van der Waals surface area contributed by atoms with E-state index in [-0.39, 0.29) is 23.0 Å². The number of allylic oxidation sites excluding steroid dienone is 1. The quantitative estimate of drug-likeness (QED) is 0.415. The number of carbonyl (C=O) groups excluding carboxylic acids is 1. The van der Waals surface area contributed by atoms with Gasteiger partial charge in [0.25, 0.3) is 0 Å². The molecule has 4 aliphatic carbocycles. The van der Waals surface area contributed by atoms with Crippen molar-refractivity contribution in [3.63, 3.8) is 0 Å². The summed E-state index contributed by atoms with van der Waals surface area (Å²) in [4.78, 5) is 25.2. The summed E-state index contributed by atoms with van der Waals surface area (Å²) >= 11 is 0. The molecule has 0 spiro atoms. The van der Waals surface area contributed by atoms with E-state index in [4.69, 9.17) is 0 Å². The minimum Gasteiger partial charge on any atom is -0.481 e. The van der Waals surface area contributed by atoms with E-state index in [0.29, 0.717) is 43.9 Å². The fraction of sp³-hybridized carbons (Fsp3) is 0.793. The first-order valence-corrected chi connectivity index (χ1v) is 13.4. The third kappa shape index (κ3) is 3.95. The maximum absolute atomic E-state index is 13.9. The fourth-order valence-corrected chi connectivity index (χ4v) is 8.71. The summed E-state index contributed by atoms with van der Waals surface area (Å²) in [7, 11) is 0. The molecule has 0 aliphatic heterocycles. The van der Waals surface area contributed by atoms with E-state index < -0.39 is 35.1 Å². The molecule has 0 bridgehead atoms. The Morgan fingerprint density at radius 2 is 1.80 bits per heavy atom. The Labute approximate surface area is 209 Å². The summed E-state index contributed by atoms with van der Waals surface area (Å²) < 4.78 is 0. The lowest BCUT2D eigenvalue weighted by atomic mass is 9.47. The number of rotatable bonds is 6. The number of aliphatic carboxylic acids is 1. The first-order chi connectivity index (χ1) is 16.2. The second kappa shape index (κ2) is 8.81. The van der Waals surface area contributed by atoms with Crippen molar-refractivity contribution in [2.75, 3.05) is 0 Å². The zero-order chi connectivity index (χ0) is 26.1. The summed E-state index contributed by atoms with van der Waals surface area (Å²) in [6, 6.07) is 0. The molecule has 0 aromatic carbocycles. The zero-order valence-electron chi connectivity index (χ0n) is 22.0. The van der Waals surface area contributed by atoms with Crippen LogP contribution in [0.1, 0.15) is 86.0 Å². The van der Waals surface area contributed by atoms with E-state index >= 15 is 0 Å². The maximum atomic E-state index is 13.9. The van der Waals surface area contributed by atoms with E-state index in [1.54, 1.807) is 13.8 Å². The van der Waals surface area contributed by atoms with Crippen LogP contribution in [0.15, 0.2) is 23.3 Å². The van der Waals surface area contributed by atoms with E-state index in [1.807, 2.05) is 0 Å². The highest BCUT2D eigenvalue weighted by Gasteiger charge is 2.63. The van der Waals surface area contributed by atoms with Gasteiger partial charge < -0.3 is 20.4 Å². The second-order valence-electron chi connectivity index (χ2n) is 12.9. The lowest BCUT2D eigenvalue weighted by molar-refractivity contribution is -0.174. The SMILES string of the molecule is C=C(CCC(C)C1CCC2C3=C(C(=O)CC21C)C1(C)CCC(O)C(C)(O)C1CC3O)C(C)C(=O)O. The molecule has 6 nitrogen and oxygen atoms in total. The molecule has 4 N–H and O–H groups in total. The number of Topliss-reactive ketones (excluding diaryl/α,β-unsaturated/α-hetero) is 1. The topological polar surface area (TPSA) is 115 Å². The van der Waals surface area contributed by atoms with Gasteiger partial charge in [-0.2, -0.15) is 0 Å². The maximum Gasteiger partial charge on any atom is 0.310 e. The van der Waals surface area contributed by atoms with Crippen LogP contribution in [0.3, 0.4) is 0 Å². The number of carbonyl (C=O) groups is 2. The zero-order valence-corrected chi connectivity index (χ0v) is 22.0. The van der Waals surface area contributed by atoms with Gasteiger partial charge in [0.1, 0.15) is 0 Å². The highest BCUT2D eigenvalue weighted by atomic mass is 16.4. The van der Waals surface area contributed by atoms with Crippen LogP contribution in [0.2, 0.25) is 0 Å². The highest BCUT2D eigenvalue weighted by molar-refractivity contribution is 5.99. The first-order valence-electron chi connectivity index (χ1n) is 13.4. The molecule has 10 atom stereocenters. The number of carboxylic acid groups (broad SMARTS) is 1. The highest BCUT2D eigenvalue weighted by Crippen LogP contribution is 2.66. The Hall–Kier alpha value is -1.50. The molecule has 10 unspecified atom stereocenters. The van der Waals surface area contributed by atoms with Crippen molar-refractivity contribution < 1.29 is 30.0 Å². The monoisotopic (exact) mass is 488 g/mol. The van der Waals surface area contributed by atoms with Gasteiger partial charge >= 0.3 is 5.97 Å². The summed E-state index contributed by atoms with van der Waals surface area (Å²) in [5, 5.41) is 42.4. The molecule has 0 aromatic rings. The minimum absolute atomic E-state index is 0.0974. The van der Waals surface area contributed by atoms with Crippen LogP contribution >= 0.6 is 0 Å². The molecule has 2 fully saturated rings. The number of aliphatic hydroxyl groups is 3. The third-order valence-corrected chi connectivity index (χ3v) is 11.0. The van der Waals surface area contributed by atoms with Crippen LogP contribution in [0, 0.1) is 40.4 Å². The van der Waals surface area contributed by atoms with Crippen LogP contribution in [-0.2, 0) is 9.59 Å². The Morgan fingerprint density at radius 1 is 1.14 bits per heavy atom. The predicted molar refractivity (Wildman–Crippen MR) is 133 cm³/mol. The summed E-state index contributed by atoms with van der Waals surface area (Å²) in [6.07, 6.45) is 3.68. The minimum atomic E-state index is -1.34. The molecule has 196 valence electrons. The van der Waals surface area contributed by atoms with Crippen LogP contribution in [0.25, 0.3) is 0 Å². The Morgan fingerprint density at radius 3 is 2.43 bits per heavy atom. The number of ketones is 1. The average molecular weight is 489 g/mol. The Bertz CT molecular complexity index is 949. The first kappa shape index (κ1) is 26.6. The van der Waals surface area contributed by atoms with Gasteiger partial charge in [0.2, 0.25) is 0 Å². The van der Waals surface area contributed by atoms with Crippen LogP contribution in [0.4, 0.5) is 0 Å². The average Bonchev–Trinajstić information content (AvgIpc) is 3.12. The van der Waals surface area contributed by atoms with Crippen molar-refractivity contribution >= 4 is 11.8 Å². The van der Waals surface area contributed by atoms with Crippen LogP contribution in [-0.4, -0.2) is 50.0 Å². The van der Waals surface area contributed by atoms with Gasteiger partial charge in [0.05, 0.1) is 23.7 Å². The number of carboxylic acids is 1. The van der Waals surface area contributed by atoms with Gasteiger partial charge in [-0.25, -0.2) is 0 Å². The molecule has 0 saturated heterocycles. The van der Waals surface area contributed by atoms with Crippen molar-refractivity contribution in [2.24, 2.45) is 40.4 Å². The standard InChI is InChI=1S/C29H44O6/c1-15(17(3)26(33)34)7-8-16(2)18-9-10-19-24-20(30)13-22-27(4,12-11-23(32)29(22,6)35)25(24)21(31)14-28(18,19)5/h16-20,22-23,30,32,35H,1,7-14H2,2-6H3,(H,33,34). The van der Waals surface area contributed by atoms with Crippen molar-refractivity contribution in [1.29, 1.82) is 0 Å². The summed E-state index contributed by atoms with van der Waals surface area (Å²) in [6.45, 7) is 13.8. The normalized spacial score (nSPS) is 44.8. The van der Waals surface area contributed by atoms with Gasteiger partial charge in [0.15, 0.2) is 5.78 Å². The number of hydrogen-bond acceptors (Lipinski definition) is 5. The Balaban J connectivity index is 1.62. The van der Waals surface area contributed by atoms with E-state index in [2.05, 4.69) is 27.4 Å². The molecule has 6 heteroatoms. The van der Waals surface area contributed by atoms with Crippen LogP contribution < -0.4 is 0 Å².